The average Bonchev–Trinajstić information content (AvgIpc) is 2.76. The predicted octanol–water partition coefficient (Wildman–Crippen LogP) is 2.70. The molecule has 0 spiro atoms. The minimum absolute atomic E-state index is 0.0217. The van der Waals surface area contributed by atoms with Crippen LogP contribution in [0.2, 0.25) is 5.02 Å². The number of rotatable bonds is 4. The fourth-order valence-electron chi connectivity index (χ4n) is 3.85. The monoisotopic (exact) mass is 415 g/mol. The number of aliphatic hydroxyl groups excluding tert-OH is 1. The topological polar surface area (TPSA) is 90.4 Å². The van der Waals surface area contributed by atoms with Gasteiger partial charge in [0.25, 0.3) is 0 Å². The Morgan fingerprint density at radius 3 is 2.86 bits per heavy atom. The Morgan fingerprint density at radius 2 is 2.10 bits per heavy atom. The van der Waals surface area contributed by atoms with Crippen molar-refractivity contribution >= 4 is 29.1 Å². The third kappa shape index (κ3) is 4.86. The van der Waals surface area contributed by atoms with Crippen molar-refractivity contribution in [2.45, 2.75) is 31.8 Å². The molecule has 0 unspecified atom stereocenters. The van der Waals surface area contributed by atoms with E-state index in [2.05, 4.69) is 20.5 Å². The van der Waals surface area contributed by atoms with Crippen LogP contribution in [0.4, 0.5) is 11.6 Å². The van der Waals surface area contributed by atoms with Gasteiger partial charge in [0.15, 0.2) is 0 Å². The van der Waals surface area contributed by atoms with Gasteiger partial charge in [0, 0.05) is 31.4 Å². The number of carbonyl (C=O) groups is 1. The molecule has 0 radical (unpaired) electrons. The van der Waals surface area contributed by atoms with Crippen LogP contribution >= 0.6 is 11.6 Å². The summed E-state index contributed by atoms with van der Waals surface area (Å²) >= 11 is 6.40. The molecule has 2 aliphatic heterocycles. The molecule has 154 valence electrons. The number of halogens is 1. The number of aliphatic hydroxyl groups is 1. The van der Waals surface area contributed by atoms with Gasteiger partial charge in [-0.15, -0.1) is 0 Å². The van der Waals surface area contributed by atoms with Crippen molar-refractivity contribution in [3.05, 3.63) is 35.5 Å². The number of piperidine rings is 2. The number of anilines is 2. The van der Waals surface area contributed by atoms with Crippen LogP contribution in [-0.4, -0.2) is 53.3 Å². The van der Waals surface area contributed by atoms with E-state index in [0.717, 1.165) is 62.4 Å². The number of hydrogen-bond acceptors (Lipinski definition) is 6. The van der Waals surface area contributed by atoms with Crippen molar-refractivity contribution in [1.29, 1.82) is 0 Å². The SMILES string of the molecule is O=C(Nc1cc(-c2cccc(N3CCC(O)CC3)n2)c(Cl)cn1)[C@@H]1CCCNC1. The highest BCUT2D eigenvalue weighted by atomic mass is 35.5. The molecule has 2 fully saturated rings. The molecule has 8 heteroatoms. The molecule has 0 aliphatic carbocycles. The number of pyridine rings is 2. The lowest BCUT2D eigenvalue weighted by atomic mass is 9.99. The first kappa shape index (κ1) is 20.1. The maximum Gasteiger partial charge on any atom is 0.229 e. The second kappa shape index (κ2) is 9.07. The summed E-state index contributed by atoms with van der Waals surface area (Å²) in [5.41, 5.74) is 1.47. The van der Waals surface area contributed by atoms with Gasteiger partial charge in [-0.2, -0.15) is 0 Å². The van der Waals surface area contributed by atoms with Gasteiger partial charge >= 0.3 is 0 Å². The zero-order chi connectivity index (χ0) is 20.2. The van der Waals surface area contributed by atoms with Gasteiger partial charge in [-0.3, -0.25) is 4.79 Å². The molecule has 0 saturated carbocycles. The lowest BCUT2D eigenvalue weighted by Crippen LogP contribution is -2.37. The highest BCUT2D eigenvalue weighted by molar-refractivity contribution is 6.33. The third-order valence-corrected chi connectivity index (χ3v) is 5.87. The first-order valence-corrected chi connectivity index (χ1v) is 10.6. The van der Waals surface area contributed by atoms with Crippen LogP contribution in [0, 0.1) is 5.92 Å². The second-order valence-electron chi connectivity index (χ2n) is 7.68. The van der Waals surface area contributed by atoms with Gasteiger partial charge < -0.3 is 20.6 Å². The summed E-state index contributed by atoms with van der Waals surface area (Å²) in [6.07, 6.45) is 4.70. The molecule has 2 saturated heterocycles. The highest BCUT2D eigenvalue weighted by Gasteiger charge is 2.22. The van der Waals surface area contributed by atoms with Gasteiger partial charge in [0.1, 0.15) is 11.6 Å². The van der Waals surface area contributed by atoms with E-state index < -0.39 is 0 Å². The lowest BCUT2D eigenvalue weighted by molar-refractivity contribution is -0.120. The quantitative estimate of drug-likeness (QED) is 0.711. The zero-order valence-corrected chi connectivity index (χ0v) is 17.0. The molecular weight excluding hydrogens is 390 g/mol. The van der Waals surface area contributed by atoms with Crippen molar-refractivity contribution in [1.82, 2.24) is 15.3 Å². The third-order valence-electron chi connectivity index (χ3n) is 5.57. The van der Waals surface area contributed by atoms with Crippen molar-refractivity contribution in [2.24, 2.45) is 5.92 Å². The predicted molar refractivity (Wildman–Crippen MR) is 114 cm³/mol. The number of carbonyl (C=O) groups excluding carboxylic acids is 1. The molecule has 2 aliphatic rings. The molecule has 0 bridgehead atoms. The lowest BCUT2D eigenvalue weighted by Gasteiger charge is -2.30. The number of aromatic nitrogens is 2. The maximum atomic E-state index is 12.5. The highest BCUT2D eigenvalue weighted by Crippen LogP contribution is 2.30. The Morgan fingerprint density at radius 1 is 1.28 bits per heavy atom. The summed E-state index contributed by atoms with van der Waals surface area (Å²) in [6, 6.07) is 7.60. The van der Waals surface area contributed by atoms with Gasteiger partial charge in [0.05, 0.1) is 22.7 Å². The maximum absolute atomic E-state index is 12.5. The van der Waals surface area contributed by atoms with Crippen LogP contribution in [0.3, 0.4) is 0 Å². The van der Waals surface area contributed by atoms with Crippen LogP contribution in [0.1, 0.15) is 25.7 Å². The van der Waals surface area contributed by atoms with Gasteiger partial charge in [-0.1, -0.05) is 17.7 Å². The largest absolute Gasteiger partial charge is 0.393 e. The van der Waals surface area contributed by atoms with Crippen LogP contribution in [0.15, 0.2) is 30.5 Å². The van der Waals surface area contributed by atoms with Crippen LogP contribution in [0.25, 0.3) is 11.3 Å². The van der Waals surface area contributed by atoms with Gasteiger partial charge in [-0.25, -0.2) is 9.97 Å². The Balaban J connectivity index is 1.53. The van der Waals surface area contributed by atoms with E-state index in [4.69, 9.17) is 16.6 Å². The van der Waals surface area contributed by atoms with E-state index in [9.17, 15) is 9.90 Å². The molecule has 4 rings (SSSR count). The summed E-state index contributed by atoms with van der Waals surface area (Å²) < 4.78 is 0. The van der Waals surface area contributed by atoms with Crippen molar-refractivity contribution in [3.63, 3.8) is 0 Å². The molecule has 3 N–H and O–H groups in total. The first-order valence-electron chi connectivity index (χ1n) is 10.2. The smallest absolute Gasteiger partial charge is 0.229 e. The molecule has 7 nitrogen and oxygen atoms in total. The van der Waals surface area contributed by atoms with E-state index in [1.807, 2.05) is 18.2 Å². The fraction of sp³-hybridized carbons (Fsp3) is 0.476. The Bertz CT molecular complexity index is 864. The Hall–Kier alpha value is -2.22. The summed E-state index contributed by atoms with van der Waals surface area (Å²) in [5.74, 6) is 1.28. The van der Waals surface area contributed by atoms with Crippen LogP contribution in [0.5, 0.6) is 0 Å². The van der Waals surface area contributed by atoms with Crippen molar-refractivity contribution in [2.75, 3.05) is 36.4 Å². The minimum Gasteiger partial charge on any atom is -0.393 e. The fourth-order valence-corrected chi connectivity index (χ4v) is 4.05. The molecule has 1 amide bonds. The van der Waals surface area contributed by atoms with E-state index in [-0.39, 0.29) is 17.9 Å². The average molecular weight is 416 g/mol. The summed E-state index contributed by atoms with van der Waals surface area (Å²) in [5, 5.41) is 16.4. The molecule has 1 atom stereocenters. The molecular formula is C21H26ClN5O2. The molecule has 2 aromatic heterocycles. The number of amides is 1. The standard InChI is InChI=1S/C21H26ClN5O2/c22-17-13-24-19(26-21(29)14-3-2-8-23-12-14)11-16(17)18-4-1-5-20(25-18)27-9-6-15(28)7-10-27/h1,4-5,11,13-15,23,28H,2-3,6-10,12H2,(H,24,26,29)/t14-/m1/s1. The molecule has 29 heavy (non-hydrogen) atoms. The molecule has 2 aromatic rings. The van der Waals surface area contributed by atoms with Crippen molar-refractivity contribution in [3.8, 4) is 11.3 Å². The van der Waals surface area contributed by atoms with Crippen LogP contribution in [-0.2, 0) is 4.79 Å². The van der Waals surface area contributed by atoms with Crippen molar-refractivity contribution < 1.29 is 9.90 Å². The minimum atomic E-state index is -0.227. The summed E-state index contributed by atoms with van der Waals surface area (Å²) in [7, 11) is 0. The molecule has 4 heterocycles. The number of nitrogens with zero attached hydrogens (tertiary/aromatic N) is 3. The summed E-state index contributed by atoms with van der Waals surface area (Å²) in [4.78, 5) is 23.7. The van der Waals surface area contributed by atoms with E-state index in [1.165, 1.54) is 0 Å². The number of hydrogen-bond donors (Lipinski definition) is 3. The van der Waals surface area contributed by atoms with Gasteiger partial charge in [-0.05, 0) is 50.4 Å². The normalized spacial score (nSPS) is 20.5. The molecule has 0 aromatic carbocycles. The Kier molecular flexibility index (Phi) is 6.28. The second-order valence-corrected chi connectivity index (χ2v) is 8.09. The zero-order valence-electron chi connectivity index (χ0n) is 16.3. The van der Waals surface area contributed by atoms with E-state index >= 15 is 0 Å². The Labute approximate surface area is 175 Å². The van der Waals surface area contributed by atoms with Crippen LogP contribution < -0.4 is 15.5 Å². The number of nitrogens with one attached hydrogen (secondary N) is 2. The van der Waals surface area contributed by atoms with E-state index in [0.29, 0.717) is 17.4 Å². The van der Waals surface area contributed by atoms with Gasteiger partial charge in [0.2, 0.25) is 5.91 Å². The summed E-state index contributed by atoms with van der Waals surface area (Å²) in [6.45, 7) is 3.21. The van der Waals surface area contributed by atoms with E-state index in [1.54, 1.807) is 12.3 Å². The first-order chi connectivity index (χ1) is 14.1.